The number of rotatable bonds is 49. The molecule has 0 aromatic carbocycles. The van der Waals surface area contributed by atoms with Crippen LogP contribution in [0.5, 0.6) is 0 Å². The molecule has 0 aliphatic carbocycles. The van der Waals surface area contributed by atoms with Crippen LogP contribution < -0.4 is 0 Å². The minimum Gasteiger partial charge on any atom is -0.462 e. The minimum absolute atomic E-state index is 0.106. The van der Waals surface area contributed by atoms with Crippen LogP contribution in [0.2, 0.25) is 0 Å². The standard InChI is InChI=1S/C60H102O6/c1-4-7-10-13-16-19-22-25-27-29-31-32-35-38-41-44-47-50-53-59(62)65-56-57(55-64-58(61)52-49-46-43-40-37-34-24-21-18-15-12-9-6-3)66-60(63)54-51-48-45-42-39-36-33-30-28-26-23-20-17-14-11-8-5-2/h9,12,15,18,21,24,27,29,31-32,34,37,40,43,57H,4-8,10-11,13-14,16-17,19-20,22-23,25-26,28,30,33,35-36,38-39,41-42,44-56H2,1-3H3/b12-9-,18-15-,24-21-,29-27-,32-31-,37-34-,43-40-. The van der Waals surface area contributed by atoms with E-state index in [0.29, 0.717) is 19.3 Å². The first kappa shape index (κ1) is 62.6. The normalized spacial score (nSPS) is 12.7. The van der Waals surface area contributed by atoms with Crippen molar-refractivity contribution in [3.63, 3.8) is 0 Å². The fraction of sp³-hybridized carbons (Fsp3) is 0.717. The van der Waals surface area contributed by atoms with Gasteiger partial charge in [0, 0.05) is 19.3 Å². The van der Waals surface area contributed by atoms with Crippen molar-refractivity contribution in [2.45, 2.75) is 264 Å². The molecule has 1 atom stereocenters. The molecule has 0 spiro atoms. The molecule has 0 bridgehead atoms. The van der Waals surface area contributed by atoms with Gasteiger partial charge in [0.1, 0.15) is 13.2 Å². The average molecular weight is 919 g/mol. The van der Waals surface area contributed by atoms with E-state index in [4.69, 9.17) is 14.2 Å². The van der Waals surface area contributed by atoms with Crippen molar-refractivity contribution in [1.29, 1.82) is 0 Å². The molecule has 0 rings (SSSR count). The molecule has 0 aromatic heterocycles. The Morgan fingerprint density at radius 2 is 0.606 bits per heavy atom. The van der Waals surface area contributed by atoms with Gasteiger partial charge in [0.15, 0.2) is 6.10 Å². The third kappa shape index (κ3) is 51.6. The van der Waals surface area contributed by atoms with Crippen molar-refractivity contribution in [2.24, 2.45) is 0 Å². The van der Waals surface area contributed by atoms with Crippen molar-refractivity contribution in [3.05, 3.63) is 85.1 Å². The third-order valence-corrected chi connectivity index (χ3v) is 11.8. The van der Waals surface area contributed by atoms with Crippen LogP contribution in [-0.2, 0) is 28.6 Å². The molecule has 0 aliphatic heterocycles. The number of unbranched alkanes of at least 4 members (excludes halogenated alkanes) is 29. The Kier molecular flexibility index (Phi) is 51.4. The first-order chi connectivity index (χ1) is 32.5. The van der Waals surface area contributed by atoms with Crippen molar-refractivity contribution >= 4 is 17.9 Å². The van der Waals surface area contributed by atoms with Crippen LogP contribution in [0, 0.1) is 0 Å². The number of ether oxygens (including phenoxy) is 3. The zero-order chi connectivity index (χ0) is 47.9. The van der Waals surface area contributed by atoms with Gasteiger partial charge < -0.3 is 14.2 Å². The fourth-order valence-corrected chi connectivity index (χ4v) is 7.64. The molecular formula is C60H102O6. The van der Waals surface area contributed by atoms with Crippen LogP contribution >= 0.6 is 0 Å². The van der Waals surface area contributed by atoms with Gasteiger partial charge in [-0.3, -0.25) is 14.4 Å². The molecule has 0 saturated heterocycles. The summed E-state index contributed by atoms with van der Waals surface area (Å²) in [6.07, 6.45) is 70.1. The van der Waals surface area contributed by atoms with E-state index in [1.807, 2.05) is 54.7 Å². The number of hydrogen-bond donors (Lipinski definition) is 0. The lowest BCUT2D eigenvalue weighted by atomic mass is 10.0. The van der Waals surface area contributed by atoms with Gasteiger partial charge in [-0.15, -0.1) is 0 Å². The summed E-state index contributed by atoms with van der Waals surface area (Å²) in [4.78, 5) is 38.0. The predicted molar refractivity (Wildman–Crippen MR) is 284 cm³/mol. The molecule has 0 amide bonds. The van der Waals surface area contributed by atoms with Gasteiger partial charge in [-0.1, -0.05) is 266 Å². The summed E-state index contributed by atoms with van der Waals surface area (Å²) in [5, 5.41) is 0. The fourth-order valence-electron chi connectivity index (χ4n) is 7.64. The maximum Gasteiger partial charge on any atom is 0.306 e. The van der Waals surface area contributed by atoms with Crippen molar-refractivity contribution < 1.29 is 28.6 Å². The van der Waals surface area contributed by atoms with Gasteiger partial charge in [0.2, 0.25) is 0 Å². The third-order valence-electron chi connectivity index (χ3n) is 11.8. The average Bonchev–Trinajstić information content (AvgIpc) is 3.31. The summed E-state index contributed by atoms with van der Waals surface area (Å²) in [6.45, 7) is 6.43. The van der Waals surface area contributed by atoms with E-state index in [9.17, 15) is 14.4 Å². The second-order valence-electron chi connectivity index (χ2n) is 18.3. The van der Waals surface area contributed by atoms with E-state index < -0.39 is 6.10 Å². The second-order valence-corrected chi connectivity index (χ2v) is 18.3. The number of hydrogen-bond acceptors (Lipinski definition) is 6. The lowest BCUT2D eigenvalue weighted by Gasteiger charge is -2.18. The second kappa shape index (κ2) is 54.2. The van der Waals surface area contributed by atoms with Gasteiger partial charge in [-0.25, -0.2) is 0 Å². The quantitative estimate of drug-likeness (QED) is 0.0262. The van der Waals surface area contributed by atoms with E-state index >= 15 is 0 Å². The summed E-state index contributed by atoms with van der Waals surface area (Å²) in [7, 11) is 0. The maximum absolute atomic E-state index is 12.8. The molecule has 0 N–H and O–H groups in total. The highest BCUT2D eigenvalue weighted by molar-refractivity contribution is 5.71. The number of allylic oxidation sites excluding steroid dienone is 14. The zero-order valence-corrected chi connectivity index (χ0v) is 43.2. The summed E-state index contributed by atoms with van der Waals surface area (Å²) in [5.41, 5.74) is 0. The molecule has 6 heteroatoms. The van der Waals surface area contributed by atoms with Gasteiger partial charge in [0.05, 0.1) is 0 Å². The molecule has 0 aliphatic rings. The summed E-state index contributed by atoms with van der Waals surface area (Å²) >= 11 is 0. The van der Waals surface area contributed by atoms with Gasteiger partial charge >= 0.3 is 17.9 Å². The van der Waals surface area contributed by atoms with Gasteiger partial charge in [0.25, 0.3) is 0 Å². The van der Waals surface area contributed by atoms with E-state index in [1.165, 1.54) is 141 Å². The topological polar surface area (TPSA) is 78.9 Å². The van der Waals surface area contributed by atoms with Crippen LogP contribution in [0.1, 0.15) is 258 Å². The van der Waals surface area contributed by atoms with Crippen LogP contribution in [0.4, 0.5) is 0 Å². The lowest BCUT2D eigenvalue weighted by molar-refractivity contribution is -0.167. The van der Waals surface area contributed by atoms with E-state index in [1.54, 1.807) is 0 Å². The van der Waals surface area contributed by atoms with E-state index in [0.717, 1.165) is 70.6 Å². The Balaban J connectivity index is 4.46. The van der Waals surface area contributed by atoms with Crippen LogP contribution in [0.15, 0.2) is 85.1 Å². The Bertz CT molecular complexity index is 1290. The van der Waals surface area contributed by atoms with E-state index in [-0.39, 0.29) is 37.5 Å². The number of esters is 3. The lowest BCUT2D eigenvalue weighted by Crippen LogP contribution is -2.30. The Morgan fingerprint density at radius 1 is 0.318 bits per heavy atom. The molecular weight excluding hydrogens is 817 g/mol. The first-order valence-corrected chi connectivity index (χ1v) is 27.7. The summed E-state index contributed by atoms with van der Waals surface area (Å²) in [5.74, 6) is -0.990. The summed E-state index contributed by atoms with van der Waals surface area (Å²) in [6, 6.07) is 0. The Labute approximate surface area is 407 Å². The first-order valence-electron chi connectivity index (χ1n) is 27.7. The van der Waals surface area contributed by atoms with Gasteiger partial charge in [-0.05, 0) is 57.8 Å². The van der Waals surface area contributed by atoms with Crippen molar-refractivity contribution in [3.8, 4) is 0 Å². The molecule has 6 nitrogen and oxygen atoms in total. The maximum atomic E-state index is 12.8. The predicted octanol–water partition coefficient (Wildman–Crippen LogP) is 18.4. The largest absolute Gasteiger partial charge is 0.462 e. The molecule has 378 valence electrons. The zero-order valence-electron chi connectivity index (χ0n) is 43.2. The monoisotopic (exact) mass is 919 g/mol. The molecule has 0 aromatic rings. The Morgan fingerprint density at radius 3 is 1.00 bits per heavy atom. The molecule has 0 saturated carbocycles. The number of carbonyl (C=O) groups is 3. The Hall–Kier alpha value is -3.41. The highest BCUT2D eigenvalue weighted by atomic mass is 16.6. The molecule has 0 radical (unpaired) electrons. The van der Waals surface area contributed by atoms with Crippen molar-refractivity contribution in [1.82, 2.24) is 0 Å². The highest BCUT2D eigenvalue weighted by Gasteiger charge is 2.19. The molecule has 0 fully saturated rings. The number of carbonyl (C=O) groups excluding carboxylic acids is 3. The molecule has 0 heterocycles. The van der Waals surface area contributed by atoms with Crippen LogP contribution in [0.3, 0.4) is 0 Å². The minimum atomic E-state index is -0.810. The summed E-state index contributed by atoms with van der Waals surface area (Å²) < 4.78 is 16.8. The van der Waals surface area contributed by atoms with E-state index in [2.05, 4.69) is 51.2 Å². The van der Waals surface area contributed by atoms with Crippen molar-refractivity contribution in [2.75, 3.05) is 13.2 Å². The smallest absolute Gasteiger partial charge is 0.306 e. The molecule has 1 unspecified atom stereocenters. The SMILES string of the molecule is CC\C=C/C=C\C=C/C=C\C=C/CCCC(=O)OCC(COC(=O)CCCCCCC/C=C\C=C/CCCCCCCCC)OC(=O)CCCCCCCCCCCCCCCCCCC. The molecule has 66 heavy (non-hydrogen) atoms. The highest BCUT2D eigenvalue weighted by Crippen LogP contribution is 2.16. The van der Waals surface area contributed by atoms with Gasteiger partial charge in [-0.2, -0.15) is 0 Å². The van der Waals surface area contributed by atoms with Crippen LogP contribution in [0.25, 0.3) is 0 Å². The van der Waals surface area contributed by atoms with Crippen LogP contribution in [-0.4, -0.2) is 37.2 Å².